The molecule has 0 saturated carbocycles. The zero-order valence-electron chi connectivity index (χ0n) is 28.9. The van der Waals surface area contributed by atoms with E-state index in [1.165, 1.54) is 71.3 Å². The molecule has 3 aliphatic carbocycles. The molecule has 1 atom stereocenters. The maximum atomic E-state index is 2.54. The summed E-state index contributed by atoms with van der Waals surface area (Å²) in [6.07, 6.45) is 33.8. The van der Waals surface area contributed by atoms with Gasteiger partial charge in [-0.25, -0.2) is 0 Å². The Morgan fingerprint density at radius 2 is 1.35 bits per heavy atom. The quantitative estimate of drug-likeness (QED) is 0.197. The fourth-order valence-corrected chi connectivity index (χ4v) is 7.64. The van der Waals surface area contributed by atoms with Crippen LogP contribution in [0.3, 0.4) is 0 Å². The van der Waals surface area contributed by atoms with E-state index in [2.05, 4.69) is 178 Å². The Labute approximate surface area is 292 Å². The Hall–Kier alpha value is -5.20. The van der Waals surface area contributed by atoms with Crippen LogP contribution < -0.4 is 10.4 Å². The summed E-state index contributed by atoms with van der Waals surface area (Å²) in [5.74, 6) is 0.243. The minimum absolute atomic E-state index is 0.243. The van der Waals surface area contributed by atoms with Gasteiger partial charge < -0.3 is 0 Å². The number of hydrogen-bond donors (Lipinski definition) is 0. The molecule has 3 aliphatic rings. The summed E-state index contributed by atoms with van der Waals surface area (Å²) in [5.41, 5.74) is 12.4. The Balaban J connectivity index is 1.42. The molecule has 0 heteroatoms. The van der Waals surface area contributed by atoms with Crippen LogP contribution in [0, 0.1) is 5.92 Å². The minimum Gasteiger partial charge on any atom is -0.0844 e. The highest BCUT2D eigenvalue weighted by Crippen LogP contribution is 2.34. The van der Waals surface area contributed by atoms with Gasteiger partial charge in [-0.1, -0.05) is 176 Å². The van der Waals surface area contributed by atoms with E-state index in [1.807, 2.05) is 0 Å². The van der Waals surface area contributed by atoms with Crippen LogP contribution in [0.1, 0.15) is 62.6 Å². The van der Waals surface area contributed by atoms with Crippen molar-refractivity contribution >= 4 is 27.5 Å². The van der Waals surface area contributed by atoms with E-state index < -0.39 is 0 Å². The molecular weight excluding hydrogens is 589 g/mol. The first kappa shape index (κ1) is 32.4. The predicted octanol–water partition coefficient (Wildman–Crippen LogP) is 11.5. The van der Waals surface area contributed by atoms with Crippen molar-refractivity contribution in [2.45, 2.75) is 52.4 Å². The first-order valence-corrected chi connectivity index (χ1v) is 18.0. The molecular formula is C49H46. The van der Waals surface area contributed by atoms with Crippen LogP contribution >= 0.6 is 0 Å². The Kier molecular flexibility index (Phi) is 10.1. The summed E-state index contributed by atoms with van der Waals surface area (Å²) in [4.78, 5) is 0. The normalized spacial score (nSPS) is 27.7. The van der Waals surface area contributed by atoms with Crippen molar-refractivity contribution in [3.8, 4) is 0 Å². The number of benzene rings is 4. The highest BCUT2D eigenvalue weighted by molar-refractivity contribution is 5.94. The maximum Gasteiger partial charge on any atom is 0.000500 e. The molecule has 0 radical (unpaired) electrons. The number of allylic oxidation sites excluding steroid dienone is 16. The van der Waals surface area contributed by atoms with E-state index >= 15 is 0 Å². The maximum absolute atomic E-state index is 2.54. The van der Waals surface area contributed by atoms with Gasteiger partial charge in [0.05, 0.1) is 0 Å². The molecule has 0 fully saturated rings. The monoisotopic (exact) mass is 634 g/mol. The average Bonchev–Trinajstić information content (AvgIpc) is 3.25. The number of rotatable bonds is 3. The van der Waals surface area contributed by atoms with E-state index in [4.69, 9.17) is 0 Å². The van der Waals surface area contributed by atoms with Crippen molar-refractivity contribution < 1.29 is 0 Å². The summed E-state index contributed by atoms with van der Waals surface area (Å²) in [6, 6.07) is 33.7. The van der Waals surface area contributed by atoms with Crippen molar-refractivity contribution in [1.29, 1.82) is 0 Å². The van der Waals surface area contributed by atoms with Crippen molar-refractivity contribution in [3.05, 3.63) is 208 Å². The van der Waals surface area contributed by atoms with Crippen LogP contribution in [-0.4, -0.2) is 0 Å². The third-order valence-electron chi connectivity index (χ3n) is 10.1. The molecule has 0 bridgehead atoms. The second kappa shape index (κ2) is 15.3. The lowest BCUT2D eigenvalue weighted by Gasteiger charge is -2.19. The molecule has 0 saturated heterocycles. The van der Waals surface area contributed by atoms with Gasteiger partial charge in [-0.05, 0) is 111 Å². The summed E-state index contributed by atoms with van der Waals surface area (Å²) < 4.78 is 0. The van der Waals surface area contributed by atoms with E-state index in [-0.39, 0.29) is 5.92 Å². The van der Waals surface area contributed by atoms with Gasteiger partial charge >= 0.3 is 0 Å². The third-order valence-corrected chi connectivity index (χ3v) is 10.1. The third kappa shape index (κ3) is 7.30. The highest BCUT2D eigenvalue weighted by Gasteiger charge is 2.17. The molecule has 242 valence electrons. The molecule has 0 spiro atoms. The largest absolute Gasteiger partial charge is 0.0844 e. The Bertz CT molecular complexity index is 2230. The smallest absolute Gasteiger partial charge is 0.000500 e. The minimum atomic E-state index is 0.243. The first-order chi connectivity index (χ1) is 24.2. The van der Waals surface area contributed by atoms with Crippen LogP contribution in [0.5, 0.6) is 0 Å². The van der Waals surface area contributed by atoms with Crippen molar-refractivity contribution in [1.82, 2.24) is 0 Å². The van der Waals surface area contributed by atoms with Crippen LogP contribution in [0.15, 0.2) is 181 Å². The van der Waals surface area contributed by atoms with Gasteiger partial charge in [-0.15, -0.1) is 0 Å². The molecule has 0 heterocycles. The zero-order valence-corrected chi connectivity index (χ0v) is 28.9. The topological polar surface area (TPSA) is 0 Å². The molecule has 4 aromatic rings. The van der Waals surface area contributed by atoms with Crippen LogP contribution in [0.25, 0.3) is 27.5 Å². The summed E-state index contributed by atoms with van der Waals surface area (Å²) in [7, 11) is 0. The molecule has 0 nitrogen and oxygen atoms in total. The highest BCUT2D eigenvalue weighted by atomic mass is 14.2. The van der Waals surface area contributed by atoms with Crippen LogP contribution in [0.4, 0.5) is 0 Å². The van der Waals surface area contributed by atoms with Gasteiger partial charge in [0.1, 0.15) is 0 Å². The van der Waals surface area contributed by atoms with Crippen molar-refractivity contribution in [3.63, 3.8) is 0 Å². The average molecular weight is 635 g/mol. The van der Waals surface area contributed by atoms with Crippen molar-refractivity contribution in [2.24, 2.45) is 5.92 Å². The lowest BCUT2D eigenvalue weighted by atomic mass is 9.85. The molecule has 49 heavy (non-hydrogen) atoms. The lowest BCUT2D eigenvalue weighted by Crippen LogP contribution is -2.31. The molecule has 7 rings (SSSR count). The van der Waals surface area contributed by atoms with E-state index in [9.17, 15) is 0 Å². The predicted molar refractivity (Wildman–Crippen MR) is 212 cm³/mol. The second-order valence-electron chi connectivity index (χ2n) is 13.4. The van der Waals surface area contributed by atoms with E-state index in [0.29, 0.717) is 0 Å². The fourth-order valence-electron chi connectivity index (χ4n) is 7.64. The van der Waals surface area contributed by atoms with Gasteiger partial charge in [-0.3, -0.25) is 0 Å². The molecule has 4 aromatic carbocycles. The van der Waals surface area contributed by atoms with E-state index in [0.717, 1.165) is 38.5 Å². The molecule has 0 amide bonds. The number of hydrogen-bond acceptors (Lipinski definition) is 0. The molecule has 0 N–H and O–H groups in total. The fraction of sp³-hybridized carbons (Fsp3) is 0.184. The summed E-state index contributed by atoms with van der Waals surface area (Å²) in [6.45, 7) is 4.55. The molecule has 0 aliphatic heterocycles. The van der Waals surface area contributed by atoms with Gasteiger partial charge in [-0.2, -0.15) is 0 Å². The van der Waals surface area contributed by atoms with Crippen LogP contribution in [0.2, 0.25) is 0 Å². The summed E-state index contributed by atoms with van der Waals surface area (Å²) >= 11 is 0. The SMILES string of the molecule is CC1=C/C/C=C(/C2=C/C/C=C\CC(/C3=c4\cccc\c4=C(/c4cccc5ccccc45)C(C)/C=C\C=C/C3)=C\C2)c2ccccc2C/C=C\1. The zero-order chi connectivity index (χ0) is 33.4. The Morgan fingerprint density at radius 3 is 2.29 bits per heavy atom. The second-order valence-corrected chi connectivity index (χ2v) is 13.4. The standard InChI is InChI=1S/C49H46/c1-36-18-15-25-38-23-9-11-28-42(38)43(32-16-19-36)40-21-6-4-7-22-41(35-34-40)44-27-8-3-5-20-37(2)49(48-31-14-13-30-46(44)48)47-33-17-26-39-24-10-12-29-45(39)47/h3-5,7-15,17-21,23-24,26,28-33,35,37H,6,16,22,25,27,34H2,1-2H3/b7-4-,8-3-,18-15-,20-5-,36-19-,40-21+,41-35+,43-32-,46-44+,49-48+. The summed E-state index contributed by atoms with van der Waals surface area (Å²) in [5, 5.41) is 5.27. The first-order valence-electron chi connectivity index (χ1n) is 18.0. The molecule has 1 unspecified atom stereocenters. The van der Waals surface area contributed by atoms with Crippen molar-refractivity contribution in [2.75, 3.05) is 0 Å². The van der Waals surface area contributed by atoms with Gasteiger partial charge in [0, 0.05) is 5.92 Å². The van der Waals surface area contributed by atoms with Gasteiger partial charge in [0.25, 0.3) is 0 Å². The van der Waals surface area contributed by atoms with Gasteiger partial charge in [0.15, 0.2) is 0 Å². The number of fused-ring (bicyclic) bond motifs is 3. The van der Waals surface area contributed by atoms with E-state index in [1.54, 1.807) is 0 Å². The van der Waals surface area contributed by atoms with Crippen LogP contribution in [-0.2, 0) is 6.42 Å². The van der Waals surface area contributed by atoms with Gasteiger partial charge in [0.2, 0.25) is 0 Å². The Morgan fingerprint density at radius 1 is 0.551 bits per heavy atom. The molecule has 0 aromatic heterocycles. The lowest BCUT2D eigenvalue weighted by molar-refractivity contribution is 0.955.